The summed E-state index contributed by atoms with van der Waals surface area (Å²) in [7, 11) is 0. The number of morpholine rings is 1. The van der Waals surface area contributed by atoms with Gasteiger partial charge in [-0.3, -0.25) is 0 Å². The number of ether oxygens (including phenoxy) is 1. The Morgan fingerprint density at radius 3 is 3.00 bits per heavy atom. The molecule has 104 valence electrons. The monoisotopic (exact) mass is 281 g/mol. The van der Waals surface area contributed by atoms with E-state index in [-0.39, 0.29) is 6.61 Å². The molecule has 1 aliphatic heterocycles. The van der Waals surface area contributed by atoms with Gasteiger partial charge in [-0.1, -0.05) is 36.6 Å². The molecule has 2 fully saturated rings. The average Bonchev–Trinajstić information content (AvgIpc) is 2.46. The molecule has 0 bridgehead atoms. The molecule has 1 saturated heterocycles. The van der Waals surface area contributed by atoms with Crippen LogP contribution in [0.4, 0.5) is 5.69 Å². The number of para-hydroxylation sites is 1. The molecule has 0 radical (unpaired) electrons. The van der Waals surface area contributed by atoms with Crippen LogP contribution in [0.15, 0.2) is 18.2 Å². The molecular formula is C15H20ClNO2. The van der Waals surface area contributed by atoms with Crippen LogP contribution in [0.25, 0.3) is 0 Å². The van der Waals surface area contributed by atoms with Crippen molar-refractivity contribution in [2.45, 2.75) is 44.4 Å². The first-order valence-electron chi connectivity index (χ1n) is 7.08. The summed E-state index contributed by atoms with van der Waals surface area (Å²) in [6.45, 7) is 1.64. The Bertz CT molecular complexity index is 450. The molecule has 1 saturated carbocycles. The van der Waals surface area contributed by atoms with E-state index in [9.17, 15) is 5.11 Å². The Labute approximate surface area is 119 Å². The number of anilines is 1. The maximum absolute atomic E-state index is 9.55. The van der Waals surface area contributed by atoms with E-state index >= 15 is 0 Å². The van der Waals surface area contributed by atoms with Crippen LogP contribution in [0, 0.1) is 0 Å². The lowest BCUT2D eigenvalue weighted by Gasteiger charge is -2.45. The number of rotatable bonds is 2. The number of nitrogens with zero attached hydrogens (tertiary/aromatic N) is 1. The predicted octanol–water partition coefficient (Wildman–Crippen LogP) is 2.98. The van der Waals surface area contributed by atoms with E-state index in [2.05, 4.69) is 4.90 Å². The SMILES string of the molecule is OCc1cccc(Cl)c1N1CCOC2CCCCC21. The number of hydrogen-bond acceptors (Lipinski definition) is 3. The first-order valence-corrected chi connectivity index (χ1v) is 7.45. The molecule has 0 amide bonds. The van der Waals surface area contributed by atoms with Gasteiger partial charge in [0.2, 0.25) is 0 Å². The molecule has 19 heavy (non-hydrogen) atoms. The van der Waals surface area contributed by atoms with Gasteiger partial charge >= 0.3 is 0 Å². The van der Waals surface area contributed by atoms with Crippen LogP contribution in [-0.2, 0) is 11.3 Å². The fourth-order valence-corrected chi connectivity index (χ4v) is 3.69. The Morgan fingerprint density at radius 2 is 2.16 bits per heavy atom. The molecule has 1 N–H and O–H groups in total. The van der Waals surface area contributed by atoms with Crippen LogP contribution in [-0.4, -0.2) is 30.4 Å². The van der Waals surface area contributed by atoms with E-state index in [4.69, 9.17) is 16.3 Å². The lowest BCUT2D eigenvalue weighted by atomic mass is 9.89. The van der Waals surface area contributed by atoms with Gasteiger partial charge in [0.05, 0.1) is 36.1 Å². The van der Waals surface area contributed by atoms with Crippen LogP contribution in [0.1, 0.15) is 31.2 Å². The molecule has 3 nitrogen and oxygen atoms in total. The van der Waals surface area contributed by atoms with Crippen LogP contribution in [0.2, 0.25) is 5.02 Å². The summed E-state index contributed by atoms with van der Waals surface area (Å²) in [6.07, 6.45) is 5.12. The predicted molar refractivity (Wildman–Crippen MR) is 76.7 cm³/mol. The van der Waals surface area contributed by atoms with Gasteiger partial charge in [0.1, 0.15) is 0 Å². The second-order valence-corrected chi connectivity index (χ2v) is 5.77. The molecule has 1 heterocycles. The zero-order chi connectivity index (χ0) is 13.2. The minimum atomic E-state index is 0.0324. The third-order valence-electron chi connectivity index (χ3n) is 4.26. The van der Waals surface area contributed by atoms with Gasteiger partial charge in [0.15, 0.2) is 0 Å². The Morgan fingerprint density at radius 1 is 1.32 bits per heavy atom. The maximum atomic E-state index is 9.55. The highest BCUT2D eigenvalue weighted by Gasteiger charge is 2.35. The van der Waals surface area contributed by atoms with Crippen molar-refractivity contribution < 1.29 is 9.84 Å². The lowest BCUT2D eigenvalue weighted by Crippen LogP contribution is -2.53. The molecule has 1 aliphatic carbocycles. The average molecular weight is 282 g/mol. The van der Waals surface area contributed by atoms with Gasteiger partial charge in [-0.2, -0.15) is 0 Å². The summed E-state index contributed by atoms with van der Waals surface area (Å²) >= 11 is 6.38. The normalized spacial score (nSPS) is 27.2. The summed E-state index contributed by atoms with van der Waals surface area (Å²) < 4.78 is 5.90. The van der Waals surface area contributed by atoms with E-state index in [1.807, 2.05) is 18.2 Å². The maximum Gasteiger partial charge on any atom is 0.0779 e. The number of halogens is 1. The highest BCUT2D eigenvalue weighted by Crippen LogP contribution is 2.37. The van der Waals surface area contributed by atoms with Crippen LogP contribution >= 0.6 is 11.6 Å². The van der Waals surface area contributed by atoms with E-state index < -0.39 is 0 Å². The van der Waals surface area contributed by atoms with Crippen molar-refractivity contribution in [2.75, 3.05) is 18.1 Å². The van der Waals surface area contributed by atoms with E-state index in [1.54, 1.807) is 0 Å². The Hall–Kier alpha value is -0.770. The molecule has 0 aromatic heterocycles. The second kappa shape index (κ2) is 5.70. The Kier molecular flexibility index (Phi) is 3.96. The number of aliphatic hydroxyl groups excluding tert-OH is 1. The molecule has 1 aromatic rings. The molecule has 0 spiro atoms. The van der Waals surface area contributed by atoms with Gasteiger partial charge in [0, 0.05) is 12.1 Å². The summed E-state index contributed by atoms with van der Waals surface area (Å²) in [4.78, 5) is 2.36. The summed E-state index contributed by atoms with van der Waals surface area (Å²) in [5.74, 6) is 0. The summed E-state index contributed by atoms with van der Waals surface area (Å²) in [5, 5.41) is 10.3. The molecule has 4 heteroatoms. The van der Waals surface area contributed by atoms with Crippen molar-refractivity contribution in [1.29, 1.82) is 0 Å². The number of fused-ring (bicyclic) bond motifs is 1. The van der Waals surface area contributed by atoms with Gasteiger partial charge in [-0.25, -0.2) is 0 Å². The quantitative estimate of drug-likeness (QED) is 0.905. The highest BCUT2D eigenvalue weighted by molar-refractivity contribution is 6.33. The standard InChI is InChI=1S/C15H20ClNO2/c16-12-5-3-4-11(10-18)15(12)17-8-9-19-14-7-2-1-6-13(14)17/h3-5,13-14,18H,1-2,6-10H2. The van der Waals surface area contributed by atoms with Crippen LogP contribution in [0.3, 0.4) is 0 Å². The summed E-state index contributed by atoms with van der Waals surface area (Å²) in [6, 6.07) is 6.17. The molecule has 2 unspecified atom stereocenters. The molecule has 1 aromatic carbocycles. The highest BCUT2D eigenvalue weighted by atomic mass is 35.5. The van der Waals surface area contributed by atoms with Gasteiger partial charge < -0.3 is 14.7 Å². The number of benzene rings is 1. The van der Waals surface area contributed by atoms with Gasteiger partial charge in [0.25, 0.3) is 0 Å². The third-order valence-corrected chi connectivity index (χ3v) is 4.57. The second-order valence-electron chi connectivity index (χ2n) is 5.36. The fraction of sp³-hybridized carbons (Fsp3) is 0.600. The van der Waals surface area contributed by atoms with E-state index in [1.165, 1.54) is 12.8 Å². The smallest absolute Gasteiger partial charge is 0.0779 e. The topological polar surface area (TPSA) is 32.7 Å². The number of hydrogen-bond donors (Lipinski definition) is 1. The van der Waals surface area contributed by atoms with Crippen molar-refractivity contribution in [3.63, 3.8) is 0 Å². The third kappa shape index (κ3) is 2.47. The van der Waals surface area contributed by atoms with Gasteiger partial charge in [-0.05, 0) is 18.9 Å². The first-order chi connectivity index (χ1) is 9.31. The lowest BCUT2D eigenvalue weighted by molar-refractivity contribution is -0.00879. The fourth-order valence-electron chi connectivity index (χ4n) is 3.38. The largest absolute Gasteiger partial charge is 0.392 e. The summed E-state index contributed by atoms with van der Waals surface area (Å²) in [5.41, 5.74) is 1.92. The zero-order valence-corrected chi connectivity index (χ0v) is 11.8. The van der Waals surface area contributed by atoms with Crippen molar-refractivity contribution in [3.8, 4) is 0 Å². The van der Waals surface area contributed by atoms with E-state index in [0.717, 1.165) is 42.3 Å². The first kappa shape index (κ1) is 13.2. The molecular weight excluding hydrogens is 262 g/mol. The molecule has 2 atom stereocenters. The minimum Gasteiger partial charge on any atom is -0.392 e. The van der Waals surface area contributed by atoms with E-state index in [0.29, 0.717) is 12.1 Å². The van der Waals surface area contributed by atoms with Crippen molar-refractivity contribution in [1.82, 2.24) is 0 Å². The van der Waals surface area contributed by atoms with Crippen molar-refractivity contribution >= 4 is 17.3 Å². The number of aliphatic hydroxyl groups is 1. The zero-order valence-electron chi connectivity index (χ0n) is 11.0. The van der Waals surface area contributed by atoms with Crippen molar-refractivity contribution in [3.05, 3.63) is 28.8 Å². The molecule has 3 rings (SSSR count). The van der Waals surface area contributed by atoms with Gasteiger partial charge in [-0.15, -0.1) is 0 Å². The van der Waals surface area contributed by atoms with Crippen molar-refractivity contribution in [2.24, 2.45) is 0 Å². The molecule has 2 aliphatic rings. The minimum absolute atomic E-state index is 0.0324. The Balaban J connectivity index is 1.96. The van der Waals surface area contributed by atoms with Crippen LogP contribution in [0.5, 0.6) is 0 Å². The van der Waals surface area contributed by atoms with Crippen LogP contribution < -0.4 is 4.90 Å².